The summed E-state index contributed by atoms with van der Waals surface area (Å²) in [6.45, 7) is 15.6. The third-order valence-electron chi connectivity index (χ3n) is 4.41. The van der Waals surface area contributed by atoms with Gasteiger partial charge in [0.1, 0.15) is 5.82 Å². The van der Waals surface area contributed by atoms with Crippen LogP contribution in [0.4, 0.5) is 5.82 Å². The second kappa shape index (κ2) is 15.4. The number of aliphatic imine (C=N–C) groups is 1. The number of carbonyl (C=O) groups is 1. The van der Waals surface area contributed by atoms with Crippen LogP contribution in [0.1, 0.15) is 46.6 Å². The second-order valence-electron chi connectivity index (χ2n) is 6.13. The molecule has 160 valence electrons. The standard InChI is InChI=1S/C20H36N6O.HI/c1-6-21-20(22-14-13-19(27)26(9-4)10-5)24-16-17-11-12-18(23-15-17)25(7-2)8-3;/h11-12,15H,6-10,13-14,16H2,1-5H3,(H2,21,22,24);1H. The number of carbonyl (C=O) groups excluding carboxylic acids is 1. The van der Waals surface area contributed by atoms with E-state index in [0.29, 0.717) is 19.5 Å². The van der Waals surface area contributed by atoms with Crippen LogP contribution in [-0.2, 0) is 11.3 Å². The number of rotatable bonds is 11. The summed E-state index contributed by atoms with van der Waals surface area (Å²) >= 11 is 0. The van der Waals surface area contributed by atoms with Crippen LogP contribution in [-0.4, -0.2) is 61.0 Å². The summed E-state index contributed by atoms with van der Waals surface area (Å²) in [6.07, 6.45) is 2.34. The Kier molecular flexibility index (Phi) is 14.5. The van der Waals surface area contributed by atoms with E-state index >= 15 is 0 Å². The fourth-order valence-corrected chi connectivity index (χ4v) is 2.78. The Bertz CT molecular complexity index is 571. The van der Waals surface area contributed by atoms with Crippen LogP contribution in [0, 0.1) is 0 Å². The predicted molar refractivity (Wildman–Crippen MR) is 129 cm³/mol. The molecule has 7 nitrogen and oxygen atoms in total. The van der Waals surface area contributed by atoms with Crippen molar-refractivity contribution in [1.82, 2.24) is 20.5 Å². The molecule has 1 aromatic rings. The van der Waals surface area contributed by atoms with Crippen molar-refractivity contribution in [2.24, 2.45) is 4.99 Å². The largest absolute Gasteiger partial charge is 0.357 e. The molecule has 0 bridgehead atoms. The monoisotopic (exact) mass is 504 g/mol. The van der Waals surface area contributed by atoms with Crippen molar-refractivity contribution in [3.05, 3.63) is 23.9 Å². The topological polar surface area (TPSA) is 72.9 Å². The molecule has 0 unspecified atom stereocenters. The highest BCUT2D eigenvalue weighted by Gasteiger charge is 2.09. The van der Waals surface area contributed by atoms with Crippen LogP contribution in [0.5, 0.6) is 0 Å². The van der Waals surface area contributed by atoms with Gasteiger partial charge in [-0.1, -0.05) is 6.07 Å². The predicted octanol–water partition coefficient (Wildman–Crippen LogP) is 2.86. The van der Waals surface area contributed by atoms with Gasteiger partial charge in [0.05, 0.1) is 6.54 Å². The Balaban J connectivity index is 0.00000729. The highest BCUT2D eigenvalue weighted by Crippen LogP contribution is 2.11. The smallest absolute Gasteiger partial charge is 0.224 e. The molecule has 0 spiro atoms. The van der Waals surface area contributed by atoms with Gasteiger partial charge in [-0.2, -0.15) is 0 Å². The molecule has 0 radical (unpaired) electrons. The highest BCUT2D eigenvalue weighted by atomic mass is 127. The molecule has 0 saturated carbocycles. The molecule has 1 rings (SSSR count). The van der Waals surface area contributed by atoms with Gasteiger partial charge < -0.3 is 20.4 Å². The zero-order valence-electron chi connectivity index (χ0n) is 18.0. The fourth-order valence-electron chi connectivity index (χ4n) is 2.78. The number of halogens is 1. The van der Waals surface area contributed by atoms with Crippen LogP contribution in [0.3, 0.4) is 0 Å². The number of guanidine groups is 1. The van der Waals surface area contributed by atoms with Gasteiger partial charge in [0, 0.05) is 51.9 Å². The zero-order valence-corrected chi connectivity index (χ0v) is 20.3. The van der Waals surface area contributed by atoms with Crippen molar-refractivity contribution >= 4 is 41.7 Å². The van der Waals surface area contributed by atoms with Gasteiger partial charge in [-0.15, -0.1) is 24.0 Å². The van der Waals surface area contributed by atoms with Gasteiger partial charge in [-0.25, -0.2) is 9.98 Å². The van der Waals surface area contributed by atoms with E-state index in [1.165, 1.54) is 0 Å². The Hall–Kier alpha value is -1.58. The van der Waals surface area contributed by atoms with Crippen LogP contribution in [0.15, 0.2) is 23.3 Å². The van der Waals surface area contributed by atoms with E-state index in [-0.39, 0.29) is 29.9 Å². The third kappa shape index (κ3) is 9.07. The lowest BCUT2D eigenvalue weighted by Crippen LogP contribution is -2.40. The second-order valence-corrected chi connectivity index (χ2v) is 6.13. The SMILES string of the molecule is CCNC(=NCc1ccc(N(CC)CC)nc1)NCCC(=O)N(CC)CC.I. The highest BCUT2D eigenvalue weighted by molar-refractivity contribution is 14.0. The van der Waals surface area contributed by atoms with E-state index in [1.54, 1.807) is 0 Å². The molecular formula is C20H37IN6O. The number of aromatic nitrogens is 1. The maximum Gasteiger partial charge on any atom is 0.224 e. The van der Waals surface area contributed by atoms with Gasteiger partial charge in [0.15, 0.2) is 5.96 Å². The number of hydrogen-bond acceptors (Lipinski definition) is 4. The minimum Gasteiger partial charge on any atom is -0.357 e. The molecule has 28 heavy (non-hydrogen) atoms. The first kappa shape index (κ1) is 26.4. The van der Waals surface area contributed by atoms with E-state index in [9.17, 15) is 4.79 Å². The molecule has 0 atom stereocenters. The van der Waals surface area contributed by atoms with Gasteiger partial charge >= 0.3 is 0 Å². The van der Waals surface area contributed by atoms with Crippen LogP contribution in [0.25, 0.3) is 0 Å². The molecule has 0 saturated heterocycles. The maximum atomic E-state index is 12.1. The zero-order chi connectivity index (χ0) is 20.1. The number of nitrogens with one attached hydrogen (secondary N) is 2. The molecule has 1 heterocycles. The third-order valence-corrected chi connectivity index (χ3v) is 4.41. The first-order valence-electron chi connectivity index (χ1n) is 10.1. The molecule has 0 aromatic carbocycles. The lowest BCUT2D eigenvalue weighted by atomic mass is 10.3. The summed E-state index contributed by atoms with van der Waals surface area (Å²) in [5, 5.41) is 6.45. The Labute approximate surface area is 187 Å². The normalized spacial score (nSPS) is 10.8. The Morgan fingerprint density at radius 2 is 1.71 bits per heavy atom. The van der Waals surface area contributed by atoms with Crippen LogP contribution >= 0.6 is 24.0 Å². The van der Waals surface area contributed by atoms with Crippen molar-refractivity contribution in [1.29, 1.82) is 0 Å². The maximum absolute atomic E-state index is 12.1. The van der Waals surface area contributed by atoms with E-state index in [2.05, 4.69) is 45.4 Å². The van der Waals surface area contributed by atoms with Crippen molar-refractivity contribution in [3.8, 4) is 0 Å². The molecule has 0 aliphatic rings. The van der Waals surface area contributed by atoms with Gasteiger partial charge in [0.2, 0.25) is 5.91 Å². The molecule has 8 heteroatoms. The summed E-state index contributed by atoms with van der Waals surface area (Å²) in [4.78, 5) is 25.3. The molecule has 1 aromatic heterocycles. The van der Waals surface area contributed by atoms with Crippen molar-refractivity contribution in [2.45, 2.75) is 47.6 Å². The van der Waals surface area contributed by atoms with Gasteiger partial charge in [-0.05, 0) is 46.2 Å². The minimum absolute atomic E-state index is 0. The number of amides is 1. The lowest BCUT2D eigenvalue weighted by molar-refractivity contribution is -0.130. The van der Waals surface area contributed by atoms with E-state index in [1.807, 2.05) is 37.9 Å². The summed E-state index contributed by atoms with van der Waals surface area (Å²) in [6, 6.07) is 4.11. The van der Waals surface area contributed by atoms with Crippen molar-refractivity contribution < 1.29 is 4.79 Å². The summed E-state index contributed by atoms with van der Waals surface area (Å²) < 4.78 is 0. The van der Waals surface area contributed by atoms with Crippen molar-refractivity contribution in [3.63, 3.8) is 0 Å². The van der Waals surface area contributed by atoms with E-state index in [0.717, 1.165) is 50.1 Å². The van der Waals surface area contributed by atoms with Gasteiger partial charge in [0.25, 0.3) is 0 Å². The molecular weight excluding hydrogens is 467 g/mol. The first-order chi connectivity index (χ1) is 13.1. The summed E-state index contributed by atoms with van der Waals surface area (Å²) in [5.74, 6) is 1.88. The van der Waals surface area contributed by atoms with Gasteiger partial charge in [-0.3, -0.25) is 4.79 Å². The number of anilines is 1. The average molecular weight is 504 g/mol. The number of nitrogens with zero attached hydrogens (tertiary/aromatic N) is 4. The fraction of sp³-hybridized carbons (Fsp3) is 0.650. The summed E-state index contributed by atoms with van der Waals surface area (Å²) in [5.41, 5.74) is 1.06. The number of hydrogen-bond donors (Lipinski definition) is 2. The molecule has 1 amide bonds. The first-order valence-corrected chi connectivity index (χ1v) is 10.1. The number of pyridine rings is 1. The molecule has 2 N–H and O–H groups in total. The summed E-state index contributed by atoms with van der Waals surface area (Å²) in [7, 11) is 0. The quantitative estimate of drug-likeness (QED) is 0.276. The Morgan fingerprint density at radius 3 is 2.21 bits per heavy atom. The van der Waals surface area contributed by atoms with Crippen LogP contribution in [0.2, 0.25) is 0 Å². The average Bonchev–Trinajstić information content (AvgIpc) is 2.69. The molecule has 0 aliphatic carbocycles. The molecule has 0 aliphatic heterocycles. The van der Waals surface area contributed by atoms with E-state index < -0.39 is 0 Å². The Morgan fingerprint density at radius 1 is 1.04 bits per heavy atom. The molecule has 0 fully saturated rings. The van der Waals surface area contributed by atoms with E-state index in [4.69, 9.17) is 0 Å². The van der Waals surface area contributed by atoms with Crippen LogP contribution < -0.4 is 15.5 Å². The van der Waals surface area contributed by atoms with Crippen molar-refractivity contribution in [2.75, 3.05) is 44.2 Å². The lowest BCUT2D eigenvalue weighted by Gasteiger charge is -2.19. The minimum atomic E-state index is 0.